The highest BCUT2D eigenvalue weighted by Gasteiger charge is 2.00. The molecule has 17 heavy (non-hydrogen) atoms. The molecule has 0 saturated carbocycles. The van der Waals surface area contributed by atoms with E-state index in [1.165, 1.54) is 0 Å². The number of oxime groups is 1. The molecule has 0 heterocycles. The number of hydrogen-bond acceptors (Lipinski definition) is 2. The quantitative estimate of drug-likeness (QED) is 0.745. The second-order valence-corrected chi connectivity index (χ2v) is 4.41. The lowest BCUT2D eigenvalue weighted by atomic mass is 10.2. The first-order valence-corrected chi connectivity index (χ1v) is 5.97. The Hall–Kier alpha value is -1.25. The third kappa shape index (κ3) is 3.62. The van der Waals surface area contributed by atoms with Crippen molar-refractivity contribution in [1.29, 1.82) is 0 Å². The van der Waals surface area contributed by atoms with Crippen molar-refractivity contribution < 1.29 is 4.84 Å². The Kier molecular flexibility index (Phi) is 4.24. The molecule has 0 aliphatic heterocycles. The van der Waals surface area contributed by atoms with E-state index < -0.39 is 0 Å². The SMILES string of the molecule is Clc1ccc(CON=C2C=CC=CC2)cc1Cl. The van der Waals surface area contributed by atoms with Gasteiger partial charge in [0.05, 0.1) is 15.8 Å². The van der Waals surface area contributed by atoms with Gasteiger partial charge in [0.15, 0.2) is 0 Å². The average molecular weight is 268 g/mol. The van der Waals surface area contributed by atoms with E-state index in [1.807, 2.05) is 30.4 Å². The molecule has 2 rings (SSSR count). The molecule has 0 bridgehead atoms. The second kappa shape index (κ2) is 5.89. The zero-order valence-corrected chi connectivity index (χ0v) is 10.6. The van der Waals surface area contributed by atoms with Crippen molar-refractivity contribution in [2.75, 3.05) is 0 Å². The van der Waals surface area contributed by atoms with Gasteiger partial charge in [0, 0.05) is 6.42 Å². The van der Waals surface area contributed by atoms with Crippen molar-refractivity contribution in [2.24, 2.45) is 5.16 Å². The summed E-state index contributed by atoms with van der Waals surface area (Å²) in [7, 11) is 0. The predicted molar refractivity (Wildman–Crippen MR) is 71.6 cm³/mol. The lowest BCUT2D eigenvalue weighted by Crippen LogP contribution is -1.96. The van der Waals surface area contributed by atoms with Gasteiger partial charge in [0.25, 0.3) is 0 Å². The topological polar surface area (TPSA) is 21.6 Å². The Bertz CT molecular complexity index is 492. The summed E-state index contributed by atoms with van der Waals surface area (Å²) in [5, 5.41) is 5.11. The van der Waals surface area contributed by atoms with Crippen LogP contribution in [-0.2, 0) is 11.4 Å². The van der Waals surface area contributed by atoms with Crippen molar-refractivity contribution in [3.8, 4) is 0 Å². The van der Waals surface area contributed by atoms with Crippen LogP contribution in [0.25, 0.3) is 0 Å². The molecule has 0 spiro atoms. The Morgan fingerprint density at radius 2 is 2.06 bits per heavy atom. The Morgan fingerprint density at radius 1 is 1.18 bits per heavy atom. The summed E-state index contributed by atoms with van der Waals surface area (Å²) in [4.78, 5) is 5.26. The number of hydrogen-bond donors (Lipinski definition) is 0. The maximum atomic E-state index is 5.90. The molecule has 2 nitrogen and oxygen atoms in total. The van der Waals surface area contributed by atoms with E-state index in [1.54, 1.807) is 12.1 Å². The molecule has 0 aromatic heterocycles. The van der Waals surface area contributed by atoms with Crippen LogP contribution < -0.4 is 0 Å². The Balaban J connectivity index is 1.92. The highest BCUT2D eigenvalue weighted by molar-refractivity contribution is 6.42. The third-order valence-corrected chi connectivity index (χ3v) is 3.00. The van der Waals surface area contributed by atoms with Crippen LogP contribution in [0.1, 0.15) is 12.0 Å². The van der Waals surface area contributed by atoms with Gasteiger partial charge in [0.1, 0.15) is 6.61 Å². The van der Waals surface area contributed by atoms with Gasteiger partial charge in [0.2, 0.25) is 0 Å². The summed E-state index contributed by atoms with van der Waals surface area (Å²) >= 11 is 11.7. The van der Waals surface area contributed by atoms with Gasteiger partial charge in [-0.15, -0.1) is 0 Å². The molecule has 0 fully saturated rings. The summed E-state index contributed by atoms with van der Waals surface area (Å²) in [6, 6.07) is 5.39. The van der Waals surface area contributed by atoms with Crippen LogP contribution in [-0.4, -0.2) is 5.71 Å². The zero-order valence-electron chi connectivity index (χ0n) is 9.07. The smallest absolute Gasteiger partial charge is 0.142 e. The molecule has 0 saturated heterocycles. The summed E-state index contributed by atoms with van der Waals surface area (Å²) in [6.45, 7) is 0.387. The van der Waals surface area contributed by atoms with Gasteiger partial charge in [-0.05, 0) is 23.8 Å². The summed E-state index contributed by atoms with van der Waals surface area (Å²) in [5.41, 5.74) is 1.85. The molecular weight excluding hydrogens is 257 g/mol. The van der Waals surface area contributed by atoms with Crippen LogP contribution in [0.5, 0.6) is 0 Å². The monoisotopic (exact) mass is 267 g/mol. The highest BCUT2D eigenvalue weighted by Crippen LogP contribution is 2.22. The van der Waals surface area contributed by atoms with Crippen molar-refractivity contribution in [3.05, 3.63) is 58.1 Å². The zero-order chi connectivity index (χ0) is 12.1. The first kappa shape index (κ1) is 12.2. The van der Waals surface area contributed by atoms with E-state index in [4.69, 9.17) is 28.0 Å². The van der Waals surface area contributed by atoms with E-state index in [0.29, 0.717) is 16.7 Å². The van der Waals surface area contributed by atoms with E-state index in [9.17, 15) is 0 Å². The number of rotatable bonds is 3. The molecule has 0 atom stereocenters. The fourth-order valence-electron chi connectivity index (χ4n) is 1.39. The molecule has 1 aliphatic rings. The summed E-state index contributed by atoms with van der Waals surface area (Å²) in [5.74, 6) is 0. The normalized spacial score (nSPS) is 16.5. The maximum absolute atomic E-state index is 5.90. The molecule has 4 heteroatoms. The maximum Gasteiger partial charge on any atom is 0.142 e. The third-order valence-electron chi connectivity index (χ3n) is 2.26. The van der Waals surface area contributed by atoms with Crippen molar-refractivity contribution in [2.45, 2.75) is 13.0 Å². The van der Waals surface area contributed by atoms with E-state index >= 15 is 0 Å². The van der Waals surface area contributed by atoms with Gasteiger partial charge >= 0.3 is 0 Å². The van der Waals surface area contributed by atoms with Gasteiger partial charge in [-0.2, -0.15) is 0 Å². The molecule has 88 valence electrons. The van der Waals surface area contributed by atoms with Crippen LogP contribution in [0.4, 0.5) is 0 Å². The molecule has 1 aromatic carbocycles. The van der Waals surface area contributed by atoms with Crippen molar-refractivity contribution >= 4 is 28.9 Å². The minimum atomic E-state index is 0.387. The van der Waals surface area contributed by atoms with Gasteiger partial charge in [-0.25, -0.2) is 0 Å². The van der Waals surface area contributed by atoms with Crippen molar-refractivity contribution in [1.82, 2.24) is 0 Å². The Morgan fingerprint density at radius 3 is 2.76 bits per heavy atom. The first-order chi connectivity index (χ1) is 8.25. The predicted octanol–water partition coefficient (Wildman–Crippen LogP) is 4.38. The number of allylic oxidation sites excluding steroid dienone is 4. The van der Waals surface area contributed by atoms with Crippen LogP contribution in [0, 0.1) is 0 Å². The first-order valence-electron chi connectivity index (χ1n) is 5.21. The van der Waals surface area contributed by atoms with Crippen LogP contribution in [0.3, 0.4) is 0 Å². The fourth-order valence-corrected chi connectivity index (χ4v) is 1.71. The van der Waals surface area contributed by atoms with Crippen LogP contribution in [0.2, 0.25) is 10.0 Å². The van der Waals surface area contributed by atoms with Crippen molar-refractivity contribution in [3.63, 3.8) is 0 Å². The minimum Gasteiger partial charge on any atom is -0.391 e. The summed E-state index contributed by atoms with van der Waals surface area (Å²) < 4.78 is 0. The minimum absolute atomic E-state index is 0.387. The lowest BCUT2D eigenvalue weighted by Gasteiger charge is -2.04. The van der Waals surface area contributed by atoms with E-state index in [-0.39, 0.29) is 0 Å². The van der Waals surface area contributed by atoms with Gasteiger partial charge in [-0.3, -0.25) is 0 Å². The number of benzene rings is 1. The lowest BCUT2D eigenvalue weighted by molar-refractivity contribution is 0.130. The average Bonchev–Trinajstić information content (AvgIpc) is 2.35. The highest BCUT2D eigenvalue weighted by atomic mass is 35.5. The number of nitrogens with zero attached hydrogens (tertiary/aromatic N) is 1. The molecule has 0 N–H and O–H groups in total. The molecular formula is C13H11Cl2NO. The fraction of sp³-hybridized carbons (Fsp3) is 0.154. The van der Waals surface area contributed by atoms with E-state index in [2.05, 4.69) is 5.16 Å². The largest absolute Gasteiger partial charge is 0.391 e. The number of halogens is 2. The Labute approximate surface area is 110 Å². The standard InChI is InChI=1S/C13H11Cl2NO/c14-12-7-6-10(8-13(12)15)9-17-16-11-4-2-1-3-5-11/h1-4,6-8H,5,9H2. The molecule has 0 unspecified atom stereocenters. The summed E-state index contributed by atoms with van der Waals surface area (Å²) in [6.07, 6.45) is 8.68. The molecule has 1 aliphatic carbocycles. The molecule has 1 aromatic rings. The van der Waals surface area contributed by atoms with Gasteiger partial charge in [-0.1, -0.05) is 52.7 Å². The van der Waals surface area contributed by atoms with Crippen LogP contribution >= 0.6 is 23.2 Å². The molecule has 0 amide bonds. The molecule has 0 radical (unpaired) electrons. The van der Waals surface area contributed by atoms with Crippen LogP contribution in [0.15, 0.2) is 47.7 Å². The second-order valence-electron chi connectivity index (χ2n) is 3.60. The van der Waals surface area contributed by atoms with E-state index in [0.717, 1.165) is 17.7 Å². The van der Waals surface area contributed by atoms with Gasteiger partial charge < -0.3 is 4.84 Å².